The molecule has 4 nitrogen and oxygen atoms in total. The summed E-state index contributed by atoms with van der Waals surface area (Å²) >= 11 is 0. The Labute approximate surface area is 352 Å². The minimum absolute atomic E-state index is 0.215. The first-order chi connectivity index (χ1) is 29.8. The molecule has 0 aromatic heterocycles. The molecule has 0 saturated heterocycles. The molecule has 61 heavy (non-hydrogen) atoms. The summed E-state index contributed by atoms with van der Waals surface area (Å²) in [6.45, 7) is 0. The average Bonchev–Trinajstić information content (AvgIpc) is 3.32. The highest BCUT2D eigenvalue weighted by atomic mass is 16.1. The van der Waals surface area contributed by atoms with Gasteiger partial charge in [0.2, 0.25) is 0 Å². The van der Waals surface area contributed by atoms with Crippen LogP contribution >= 0.6 is 0 Å². The molecule has 10 aromatic rings. The number of hydrogen-bond acceptors (Lipinski definition) is 4. The first kappa shape index (κ1) is 37.2. The van der Waals surface area contributed by atoms with Crippen LogP contribution in [0.5, 0.6) is 0 Å². The second-order valence-electron chi connectivity index (χ2n) is 15.6. The number of ketones is 4. The Morgan fingerprint density at radius 3 is 0.705 bits per heavy atom. The monoisotopic (exact) mass is 784 g/mol. The van der Waals surface area contributed by atoms with Crippen LogP contribution in [0.3, 0.4) is 0 Å². The predicted molar refractivity (Wildman–Crippen MR) is 245 cm³/mol. The summed E-state index contributed by atoms with van der Waals surface area (Å²) in [4.78, 5) is 57.5. The van der Waals surface area contributed by atoms with Crippen molar-refractivity contribution in [3.63, 3.8) is 0 Å². The van der Waals surface area contributed by atoms with Crippen molar-refractivity contribution in [2.75, 3.05) is 0 Å². The Hall–Kier alpha value is -8.08. The van der Waals surface area contributed by atoms with E-state index in [1.165, 1.54) is 0 Å². The zero-order valence-electron chi connectivity index (χ0n) is 33.0. The maximum absolute atomic E-state index is 14.4. The molecule has 0 amide bonds. The third kappa shape index (κ3) is 7.43. The molecule has 0 aliphatic rings. The van der Waals surface area contributed by atoms with Crippen LogP contribution in [0.2, 0.25) is 0 Å². The molecule has 0 fully saturated rings. The summed E-state index contributed by atoms with van der Waals surface area (Å²) in [5.74, 6) is -0.861. The zero-order valence-corrected chi connectivity index (χ0v) is 33.0. The SMILES string of the molecule is O=C(c1cc(Cc2cc(C(=O)c3ccc4ccccc4c3)cc(C(=O)c3ccc4ccccc4c3)c2)cc(C(=O)c2ccc3ccccc3c2)c1)c1ccc2ccccc2c1. The first-order valence-electron chi connectivity index (χ1n) is 20.2. The van der Waals surface area contributed by atoms with Gasteiger partial charge in [-0.15, -0.1) is 0 Å². The lowest BCUT2D eigenvalue weighted by molar-refractivity contribution is 0.102. The molecular formula is C57H36O4. The van der Waals surface area contributed by atoms with Crippen molar-refractivity contribution >= 4 is 66.2 Å². The Morgan fingerprint density at radius 2 is 0.459 bits per heavy atom. The fraction of sp³-hybridized carbons (Fsp3) is 0.0175. The number of fused-ring (bicyclic) bond motifs is 4. The van der Waals surface area contributed by atoms with E-state index in [9.17, 15) is 19.2 Å². The third-order valence-corrected chi connectivity index (χ3v) is 11.5. The molecule has 10 rings (SSSR count). The lowest BCUT2D eigenvalue weighted by Gasteiger charge is -2.13. The molecule has 0 bridgehead atoms. The van der Waals surface area contributed by atoms with Gasteiger partial charge in [0.15, 0.2) is 23.1 Å². The molecule has 0 heterocycles. The molecule has 4 heteroatoms. The Morgan fingerprint density at radius 1 is 0.230 bits per heavy atom. The van der Waals surface area contributed by atoms with E-state index in [-0.39, 0.29) is 29.6 Å². The van der Waals surface area contributed by atoms with Gasteiger partial charge in [0.25, 0.3) is 0 Å². The molecular weight excluding hydrogens is 749 g/mol. The minimum Gasteiger partial charge on any atom is -0.289 e. The third-order valence-electron chi connectivity index (χ3n) is 11.5. The predicted octanol–water partition coefficient (Wildman–Crippen LogP) is 12.8. The van der Waals surface area contributed by atoms with E-state index in [0.29, 0.717) is 55.6 Å². The van der Waals surface area contributed by atoms with Gasteiger partial charge >= 0.3 is 0 Å². The minimum atomic E-state index is -0.215. The van der Waals surface area contributed by atoms with E-state index in [1.807, 2.05) is 194 Å². The quantitative estimate of drug-likeness (QED) is 0.130. The maximum Gasteiger partial charge on any atom is 0.193 e. The van der Waals surface area contributed by atoms with Crippen molar-refractivity contribution in [1.29, 1.82) is 0 Å². The summed E-state index contributed by atoms with van der Waals surface area (Å²) in [6, 6.07) is 64.6. The van der Waals surface area contributed by atoms with Crippen LogP contribution in [0.25, 0.3) is 43.1 Å². The number of carbonyl (C=O) groups is 4. The second kappa shape index (κ2) is 15.6. The highest BCUT2D eigenvalue weighted by Crippen LogP contribution is 2.27. The van der Waals surface area contributed by atoms with Crippen molar-refractivity contribution in [3.8, 4) is 0 Å². The number of benzene rings is 10. The van der Waals surface area contributed by atoms with Crippen LogP contribution in [0.1, 0.15) is 74.8 Å². The molecule has 0 atom stereocenters. The standard InChI is InChI=1S/C57H36O4/c58-54(46-21-17-38-9-1-5-13-42(38)30-46)50-26-36(27-51(34-50)55(59)47-22-18-39-10-2-6-14-43(39)31-47)25-37-28-52(56(60)48-23-19-40-11-3-7-15-44(40)32-48)35-53(29-37)57(61)49-24-20-41-12-4-8-16-45(41)33-49/h1-24,26-35H,25H2. The van der Waals surface area contributed by atoms with E-state index < -0.39 is 0 Å². The molecule has 0 radical (unpaired) electrons. The lowest BCUT2D eigenvalue weighted by Crippen LogP contribution is -2.10. The van der Waals surface area contributed by atoms with Crippen LogP contribution in [0, 0.1) is 0 Å². The summed E-state index contributed by atoms with van der Waals surface area (Å²) in [7, 11) is 0. The Kier molecular flexibility index (Phi) is 9.51. The summed E-state index contributed by atoms with van der Waals surface area (Å²) < 4.78 is 0. The fourth-order valence-electron chi connectivity index (χ4n) is 8.34. The Bertz CT molecular complexity index is 2980. The van der Waals surface area contributed by atoms with Crippen LogP contribution < -0.4 is 0 Å². The summed E-state index contributed by atoms with van der Waals surface area (Å²) in [5.41, 5.74) is 4.88. The van der Waals surface area contributed by atoms with Crippen LogP contribution in [0.15, 0.2) is 206 Å². The van der Waals surface area contributed by atoms with Crippen LogP contribution in [-0.2, 0) is 6.42 Å². The largest absolute Gasteiger partial charge is 0.289 e. The zero-order chi connectivity index (χ0) is 41.5. The van der Waals surface area contributed by atoms with Crippen molar-refractivity contribution in [3.05, 3.63) is 262 Å². The molecule has 0 unspecified atom stereocenters. The van der Waals surface area contributed by atoms with Crippen molar-refractivity contribution in [2.24, 2.45) is 0 Å². The van der Waals surface area contributed by atoms with E-state index >= 15 is 0 Å². The molecule has 0 saturated carbocycles. The average molecular weight is 785 g/mol. The van der Waals surface area contributed by atoms with Gasteiger partial charge in [-0.3, -0.25) is 19.2 Å². The van der Waals surface area contributed by atoms with E-state index in [1.54, 1.807) is 12.1 Å². The van der Waals surface area contributed by atoms with E-state index in [4.69, 9.17) is 0 Å². The number of carbonyl (C=O) groups excluding carboxylic acids is 4. The van der Waals surface area contributed by atoms with Crippen molar-refractivity contribution in [2.45, 2.75) is 6.42 Å². The number of rotatable bonds is 10. The van der Waals surface area contributed by atoms with Crippen molar-refractivity contribution < 1.29 is 19.2 Å². The number of hydrogen-bond donors (Lipinski definition) is 0. The normalized spacial score (nSPS) is 11.3. The summed E-state index contributed by atoms with van der Waals surface area (Å²) in [6.07, 6.45) is 0.244. The van der Waals surface area contributed by atoms with Gasteiger partial charge < -0.3 is 0 Å². The molecule has 0 spiro atoms. The highest BCUT2D eigenvalue weighted by Gasteiger charge is 2.20. The molecule has 0 aliphatic heterocycles. The topological polar surface area (TPSA) is 68.3 Å². The second-order valence-corrected chi connectivity index (χ2v) is 15.6. The van der Waals surface area contributed by atoms with Gasteiger partial charge in [-0.2, -0.15) is 0 Å². The van der Waals surface area contributed by atoms with Gasteiger partial charge in [-0.1, -0.05) is 146 Å². The van der Waals surface area contributed by atoms with Gasteiger partial charge in [-0.25, -0.2) is 0 Å². The van der Waals surface area contributed by atoms with Crippen LogP contribution in [-0.4, -0.2) is 23.1 Å². The molecule has 10 aromatic carbocycles. The van der Waals surface area contributed by atoms with Crippen LogP contribution in [0.4, 0.5) is 0 Å². The smallest absolute Gasteiger partial charge is 0.193 e. The lowest BCUT2D eigenvalue weighted by atomic mass is 9.89. The Balaban J connectivity index is 1.09. The van der Waals surface area contributed by atoms with Gasteiger partial charge in [0.05, 0.1) is 0 Å². The van der Waals surface area contributed by atoms with Gasteiger partial charge in [0.1, 0.15) is 0 Å². The highest BCUT2D eigenvalue weighted by molar-refractivity contribution is 6.16. The first-order valence-corrected chi connectivity index (χ1v) is 20.2. The molecule has 288 valence electrons. The van der Waals surface area contributed by atoms with E-state index in [2.05, 4.69) is 0 Å². The summed E-state index contributed by atoms with van der Waals surface area (Å²) in [5, 5.41) is 7.84. The maximum atomic E-state index is 14.4. The molecule has 0 N–H and O–H groups in total. The van der Waals surface area contributed by atoms with Crippen molar-refractivity contribution in [1.82, 2.24) is 0 Å². The molecule has 0 aliphatic carbocycles. The van der Waals surface area contributed by atoms with E-state index in [0.717, 1.165) is 43.1 Å². The van der Waals surface area contributed by atoms with Gasteiger partial charge in [0, 0.05) is 44.5 Å². The fourth-order valence-corrected chi connectivity index (χ4v) is 8.34. The van der Waals surface area contributed by atoms with Gasteiger partial charge in [-0.05, 0) is 121 Å².